The lowest BCUT2D eigenvalue weighted by Gasteiger charge is -2.13. The van der Waals surface area contributed by atoms with Crippen molar-refractivity contribution in [3.63, 3.8) is 0 Å². The van der Waals surface area contributed by atoms with Crippen LogP contribution in [-0.2, 0) is 16.1 Å². The number of amides is 2. The molecule has 1 aromatic heterocycles. The van der Waals surface area contributed by atoms with Gasteiger partial charge in [0.15, 0.2) is 5.58 Å². The van der Waals surface area contributed by atoms with E-state index in [0.717, 1.165) is 0 Å². The van der Waals surface area contributed by atoms with Gasteiger partial charge in [0.1, 0.15) is 5.82 Å². The van der Waals surface area contributed by atoms with Gasteiger partial charge in [-0.3, -0.25) is 14.2 Å². The molecule has 1 atom stereocenters. The first-order valence-electron chi connectivity index (χ1n) is 9.99. The van der Waals surface area contributed by atoms with E-state index in [1.807, 2.05) is 19.0 Å². The minimum atomic E-state index is -0.495. The normalized spacial score (nSPS) is 12.2. The van der Waals surface area contributed by atoms with Crippen LogP contribution in [-0.4, -0.2) is 52.9 Å². The van der Waals surface area contributed by atoms with Gasteiger partial charge in [-0.1, -0.05) is 0 Å². The topological polar surface area (TPSA) is 96.6 Å². The quantitative estimate of drug-likeness (QED) is 0.510. The van der Waals surface area contributed by atoms with Crippen molar-refractivity contribution in [1.82, 2.24) is 9.47 Å². The number of carbonyl (C=O) groups excluding carboxylic acids is 2. The molecule has 2 aromatic carbocycles. The van der Waals surface area contributed by atoms with E-state index >= 15 is 0 Å². The highest BCUT2D eigenvalue weighted by Gasteiger charge is 2.17. The molecule has 1 heterocycles. The fourth-order valence-corrected chi connectivity index (χ4v) is 3.59. The first-order valence-corrected chi connectivity index (χ1v) is 11.0. The van der Waals surface area contributed by atoms with E-state index in [-0.39, 0.29) is 23.4 Å². The predicted molar refractivity (Wildman–Crippen MR) is 125 cm³/mol. The molecule has 0 saturated carbocycles. The molecule has 1 unspecified atom stereocenters. The van der Waals surface area contributed by atoms with Crippen molar-refractivity contribution in [2.75, 3.05) is 37.0 Å². The van der Waals surface area contributed by atoms with E-state index in [1.54, 1.807) is 25.1 Å². The standard InChI is InChI=1S/C22H25FN4O4S/c1-14(32-13-20(28)24-16-6-4-15(23)5-7-16)21(29)25-17-8-9-19-18(12-17)27(22(30)31-19)11-10-26(2)3/h4-9,12,14H,10-11,13H2,1-3H3,(H,24,28)(H,25,29). The third kappa shape index (κ3) is 6.21. The number of nitrogens with one attached hydrogen (secondary N) is 2. The van der Waals surface area contributed by atoms with Crippen molar-refractivity contribution >= 4 is 46.1 Å². The Balaban J connectivity index is 1.58. The number of oxazole rings is 1. The van der Waals surface area contributed by atoms with Gasteiger partial charge in [0.25, 0.3) is 0 Å². The zero-order chi connectivity index (χ0) is 23.3. The summed E-state index contributed by atoms with van der Waals surface area (Å²) in [6, 6.07) is 10.5. The summed E-state index contributed by atoms with van der Waals surface area (Å²) in [5.41, 5.74) is 2.08. The van der Waals surface area contributed by atoms with Crippen LogP contribution in [0.15, 0.2) is 51.7 Å². The molecule has 0 fully saturated rings. The van der Waals surface area contributed by atoms with Gasteiger partial charge in [-0.05, 0) is 63.5 Å². The molecule has 170 valence electrons. The Morgan fingerprint density at radius 2 is 1.81 bits per heavy atom. The van der Waals surface area contributed by atoms with Crippen molar-refractivity contribution in [3.8, 4) is 0 Å². The average molecular weight is 461 g/mol. The first-order chi connectivity index (χ1) is 15.2. The van der Waals surface area contributed by atoms with Gasteiger partial charge >= 0.3 is 5.76 Å². The number of aromatic nitrogens is 1. The van der Waals surface area contributed by atoms with Crippen LogP contribution >= 0.6 is 11.8 Å². The highest BCUT2D eigenvalue weighted by molar-refractivity contribution is 8.01. The molecule has 0 aliphatic rings. The Morgan fingerprint density at radius 1 is 1.12 bits per heavy atom. The van der Waals surface area contributed by atoms with Crippen LogP contribution in [0.5, 0.6) is 0 Å². The summed E-state index contributed by atoms with van der Waals surface area (Å²) in [5, 5.41) is 4.98. The Morgan fingerprint density at radius 3 is 2.50 bits per heavy atom. The van der Waals surface area contributed by atoms with E-state index in [1.165, 1.54) is 40.6 Å². The summed E-state index contributed by atoms with van der Waals surface area (Å²) < 4.78 is 19.7. The smallest absolute Gasteiger partial charge is 0.408 e. The zero-order valence-corrected chi connectivity index (χ0v) is 18.9. The molecule has 0 aliphatic heterocycles. The van der Waals surface area contributed by atoms with E-state index in [0.29, 0.717) is 35.6 Å². The molecule has 10 heteroatoms. The molecule has 0 aliphatic carbocycles. The largest absolute Gasteiger partial charge is 0.419 e. The third-order valence-electron chi connectivity index (χ3n) is 4.67. The molecule has 3 rings (SSSR count). The lowest BCUT2D eigenvalue weighted by molar-refractivity contribution is -0.115. The fraction of sp³-hybridized carbons (Fsp3) is 0.318. The van der Waals surface area contributed by atoms with Crippen molar-refractivity contribution in [2.24, 2.45) is 0 Å². The summed E-state index contributed by atoms with van der Waals surface area (Å²) in [4.78, 5) is 38.7. The first kappa shape index (κ1) is 23.6. The van der Waals surface area contributed by atoms with Crippen LogP contribution in [0.4, 0.5) is 15.8 Å². The van der Waals surface area contributed by atoms with E-state index < -0.39 is 11.0 Å². The molecular weight excluding hydrogens is 435 g/mol. The number of anilines is 2. The average Bonchev–Trinajstić information content (AvgIpc) is 3.06. The second-order valence-electron chi connectivity index (χ2n) is 7.50. The van der Waals surface area contributed by atoms with Gasteiger partial charge in [-0.2, -0.15) is 0 Å². The third-order valence-corrected chi connectivity index (χ3v) is 5.81. The lowest BCUT2D eigenvalue weighted by Crippen LogP contribution is -2.25. The molecule has 8 nitrogen and oxygen atoms in total. The van der Waals surface area contributed by atoms with Gasteiger partial charge in [0, 0.05) is 24.5 Å². The SMILES string of the molecule is CC(SCC(=O)Nc1ccc(F)cc1)C(=O)Nc1ccc2oc(=O)n(CCN(C)C)c2c1. The van der Waals surface area contributed by atoms with Crippen LogP contribution in [0, 0.1) is 5.82 Å². The minimum absolute atomic E-state index is 0.0663. The van der Waals surface area contributed by atoms with Crippen molar-refractivity contribution in [2.45, 2.75) is 18.7 Å². The Labute approximate surface area is 188 Å². The second kappa shape index (κ2) is 10.5. The minimum Gasteiger partial charge on any atom is -0.408 e. The Hall–Kier alpha value is -3.11. The van der Waals surface area contributed by atoms with E-state index in [2.05, 4.69) is 10.6 Å². The molecule has 2 N–H and O–H groups in total. The summed E-state index contributed by atoms with van der Waals surface area (Å²) in [6.07, 6.45) is 0. The summed E-state index contributed by atoms with van der Waals surface area (Å²) in [5.74, 6) is -1.32. The molecule has 0 spiro atoms. The van der Waals surface area contributed by atoms with Crippen LogP contribution in [0.2, 0.25) is 0 Å². The molecular formula is C22H25FN4O4S. The number of halogens is 1. The van der Waals surface area contributed by atoms with Crippen molar-refractivity contribution < 1.29 is 18.4 Å². The number of rotatable bonds is 9. The number of thioether (sulfide) groups is 1. The second-order valence-corrected chi connectivity index (χ2v) is 8.83. The number of fused-ring (bicyclic) bond motifs is 1. The van der Waals surface area contributed by atoms with Crippen LogP contribution in [0.1, 0.15) is 6.92 Å². The van der Waals surface area contributed by atoms with Crippen molar-refractivity contribution in [3.05, 3.63) is 58.8 Å². The van der Waals surface area contributed by atoms with Crippen molar-refractivity contribution in [1.29, 1.82) is 0 Å². The highest BCUT2D eigenvalue weighted by atomic mass is 32.2. The maximum Gasteiger partial charge on any atom is 0.419 e. The maximum absolute atomic E-state index is 12.9. The van der Waals surface area contributed by atoms with Gasteiger partial charge < -0.3 is 20.0 Å². The molecule has 3 aromatic rings. The Bertz CT molecular complexity index is 1160. The number of benzene rings is 2. The molecule has 0 bridgehead atoms. The summed E-state index contributed by atoms with van der Waals surface area (Å²) in [6.45, 7) is 2.83. The number of carbonyl (C=O) groups is 2. The number of hydrogen-bond acceptors (Lipinski definition) is 6. The van der Waals surface area contributed by atoms with Crippen LogP contribution < -0.4 is 16.4 Å². The number of nitrogens with zero attached hydrogens (tertiary/aromatic N) is 2. The highest BCUT2D eigenvalue weighted by Crippen LogP contribution is 2.20. The predicted octanol–water partition coefficient (Wildman–Crippen LogP) is 2.99. The molecule has 0 saturated heterocycles. The van der Waals surface area contributed by atoms with Gasteiger partial charge in [-0.15, -0.1) is 11.8 Å². The lowest BCUT2D eigenvalue weighted by atomic mass is 10.2. The monoisotopic (exact) mass is 460 g/mol. The molecule has 2 amide bonds. The summed E-state index contributed by atoms with van der Waals surface area (Å²) >= 11 is 1.18. The molecule has 0 radical (unpaired) electrons. The van der Waals surface area contributed by atoms with Crippen LogP contribution in [0.25, 0.3) is 11.1 Å². The van der Waals surface area contributed by atoms with E-state index in [4.69, 9.17) is 4.42 Å². The van der Waals surface area contributed by atoms with Gasteiger partial charge in [0.05, 0.1) is 16.5 Å². The van der Waals surface area contributed by atoms with Crippen LogP contribution in [0.3, 0.4) is 0 Å². The number of hydrogen-bond donors (Lipinski definition) is 2. The van der Waals surface area contributed by atoms with Gasteiger partial charge in [-0.25, -0.2) is 9.18 Å². The maximum atomic E-state index is 12.9. The van der Waals surface area contributed by atoms with E-state index in [9.17, 15) is 18.8 Å². The fourth-order valence-electron chi connectivity index (χ4n) is 2.90. The molecule has 32 heavy (non-hydrogen) atoms. The Kier molecular flexibility index (Phi) is 7.70. The zero-order valence-electron chi connectivity index (χ0n) is 18.1. The van der Waals surface area contributed by atoms with Gasteiger partial charge in [0.2, 0.25) is 11.8 Å². The summed E-state index contributed by atoms with van der Waals surface area (Å²) in [7, 11) is 3.83. The number of likely N-dealkylation sites (N-methyl/N-ethyl adjacent to an activating group) is 1.